The van der Waals surface area contributed by atoms with E-state index in [2.05, 4.69) is 4.98 Å². The van der Waals surface area contributed by atoms with Gasteiger partial charge in [-0.2, -0.15) is 0 Å². The van der Waals surface area contributed by atoms with E-state index in [-0.39, 0.29) is 17.3 Å². The first-order chi connectivity index (χ1) is 11.0. The Hall–Kier alpha value is -2.63. The number of imidazole rings is 1. The summed E-state index contributed by atoms with van der Waals surface area (Å²) < 4.78 is 4.59. The normalized spacial score (nSPS) is 11.5. The molecule has 0 atom stereocenters. The van der Waals surface area contributed by atoms with Gasteiger partial charge in [0.05, 0.1) is 12.0 Å². The Balaban J connectivity index is 2.52. The summed E-state index contributed by atoms with van der Waals surface area (Å²) in [4.78, 5) is 29.9. The van der Waals surface area contributed by atoms with Crippen molar-refractivity contribution in [1.29, 1.82) is 0 Å². The monoisotopic (exact) mass is 312 g/mol. The molecule has 0 bridgehead atoms. The molecule has 3 rings (SSSR count). The molecule has 0 radical (unpaired) electrons. The van der Waals surface area contributed by atoms with Crippen molar-refractivity contribution in [3.05, 3.63) is 57.0 Å². The lowest BCUT2D eigenvalue weighted by molar-refractivity contribution is 0.604. The van der Waals surface area contributed by atoms with Gasteiger partial charge in [-0.25, -0.2) is 14.3 Å². The van der Waals surface area contributed by atoms with Crippen LogP contribution in [-0.2, 0) is 6.54 Å². The van der Waals surface area contributed by atoms with Crippen LogP contribution in [0.1, 0.15) is 32.4 Å². The number of hydrogen-bond acceptors (Lipinski definition) is 3. The molecular formula is C17H20N4O2. The molecule has 2 heterocycles. The lowest BCUT2D eigenvalue weighted by Crippen LogP contribution is -2.39. The van der Waals surface area contributed by atoms with Crippen molar-refractivity contribution >= 4 is 11.2 Å². The molecule has 3 aromatic rings. The number of fused-ring (bicyclic) bond motifs is 1. The number of nitrogens with zero attached hydrogens (tertiary/aromatic N) is 4. The van der Waals surface area contributed by atoms with E-state index in [9.17, 15) is 9.59 Å². The minimum Gasteiger partial charge on any atom is -0.322 e. The van der Waals surface area contributed by atoms with E-state index in [4.69, 9.17) is 0 Å². The molecular weight excluding hydrogens is 292 g/mol. The van der Waals surface area contributed by atoms with Gasteiger partial charge in [0, 0.05) is 12.6 Å². The molecule has 0 unspecified atom stereocenters. The van der Waals surface area contributed by atoms with Gasteiger partial charge in [-0.05, 0) is 45.4 Å². The highest BCUT2D eigenvalue weighted by atomic mass is 16.2. The number of rotatable bonds is 3. The van der Waals surface area contributed by atoms with Gasteiger partial charge in [0.25, 0.3) is 5.56 Å². The molecule has 0 fully saturated rings. The second-order valence-corrected chi connectivity index (χ2v) is 5.92. The Bertz CT molecular complexity index is 992. The minimum absolute atomic E-state index is 0.0847. The first kappa shape index (κ1) is 15.3. The molecule has 0 aliphatic carbocycles. The highest BCUT2D eigenvalue weighted by Gasteiger charge is 2.19. The third-order valence-corrected chi connectivity index (χ3v) is 3.99. The molecule has 1 aromatic carbocycles. The van der Waals surface area contributed by atoms with Crippen LogP contribution in [0, 0.1) is 6.92 Å². The molecule has 0 aliphatic rings. The summed E-state index contributed by atoms with van der Waals surface area (Å²) in [6.45, 7) is 8.06. The summed E-state index contributed by atoms with van der Waals surface area (Å²) in [7, 11) is 0. The van der Waals surface area contributed by atoms with Gasteiger partial charge < -0.3 is 4.57 Å². The van der Waals surface area contributed by atoms with Crippen molar-refractivity contribution < 1.29 is 0 Å². The molecule has 0 spiro atoms. The average Bonchev–Trinajstić information content (AvgIpc) is 2.93. The molecule has 2 aromatic heterocycles. The molecule has 0 amide bonds. The van der Waals surface area contributed by atoms with E-state index in [0.717, 1.165) is 11.3 Å². The lowest BCUT2D eigenvalue weighted by Gasteiger charge is -2.13. The summed E-state index contributed by atoms with van der Waals surface area (Å²) in [6.07, 6.45) is 1.63. The zero-order valence-corrected chi connectivity index (χ0v) is 13.8. The van der Waals surface area contributed by atoms with Crippen molar-refractivity contribution in [3.63, 3.8) is 0 Å². The molecule has 0 saturated carbocycles. The van der Waals surface area contributed by atoms with Gasteiger partial charge in [-0.15, -0.1) is 0 Å². The molecule has 23 heavy (non-hydrogen) atoms. The highest BCUT2D eigenvalue weighted by molar-refractivity contribution is 5.72. The summed E-state index contributed by atoms with van der Waals surface area (Å²) in [5, 5.41) is 0. The maximum atomic E-state index is 12.8. The van der Waals surface area contributed by atoms with Crippen LogP contribution < -0.4 is 11.2 Å². The smallest absolute Gasteiger partial charge is 0.322 e. The number of hydrogen-bond donors (Lipinski definition) is 0. The van der Waals surface area contributed by atoms with Crippen LogP contribution in [0.5, 0.6) is 0 Å². The second kappa shape index (κ2) is 5.53. The highest BCUT2D eigenvalue weighted by Crippen LogP contribution is 2.17. The zero-order chi connectivity index (χ0) is 16.7. The van der Waals surface area contributed by atoms with Crippen molar-refractivity contribution in [1.82, 2.24) is 18.7 Å². The van der Waals surface area contributed by atoms with E-state index in [1.165, 1.54) is 9.13 Å². The predicted octanol–water partition coefficient (Wildman–Crippen LogP) is 2.26. The summed E-state index contributed by atoms with van der Waals surface area (Å²) in [5.74, 6) is 0. The van der Waals surface area contributed by atoms with Gasteiger partial charge in [0.2, 0.25) is 0 Å². The van der Waals surface area contributed by atoms with Crippen molar-refractivity contribution in [2.24, 2.45) is 0 Å². The minimum atomic E-state index is -0.357. The van der Waals surface area contributed by atoms with Crippen LogP contribution in [0.4, 0.5) is 0 Å². The second-order valence-electron chi connectivity index (χ2n) is 5.92. The molecule has 0 aliphatic heterocycles. The molecule has 6 heteroatoms. The third kappa shape index (κ3) is 2.30. The van der Waals surface area contributed by atoms with Crippen molar-refractivity contribution in [3.8, 4) is 5.69 Å². The van der Waals surface area contributed by atoms with Gasteiger partial charge in [0.15, 0.2) is 11.2 Å². The fraction of sp³-hybridized carbons (Fsp3) is 0.353. The Morgan fingerprint density at radius 2 is 1.96 bits per heavy atom. The topological polar surface area (TPSA) is 61.8 Å². The van der Waals surface area contributed by atoms with Crippen LogP contribution in [-0.4, -0.2) is 18.7 Å². The van der Waals surface area contributed by atoms with Crippen LogP contribution in [0.25, 0.3) is 16.9 Å². The SMILES string of the molecule is CCn1c(=O)c2c(ncn2C(C)C)n(-c2cccc(C)c2)c1=O. The summed E-state index contributed by atoms with van der Waals surface area (Å²) >= 11 is 0. The summed E-state index contributed by atoms with van der Waals surface area (Å²) in [6, 6.07) is 7.71. The van der Waals surface area contributed by atoms with Crippen LogP contribution in [0.15, 0.2) is 40.2 Å². The van der Waals surface area contributed by atoms with Gasteiger partial charge in [-0.3, -0.25) is 9.36 Å². The third-order valence-electron chi connectivity index (χ3n) is 3.99. The Kier molecular flexibility index (Phi) is 3.67. The maximum Gasteiger partial charge on any atom is 0.337 e. The largest absolute Gasteiger partial charge is 0.337 e. The van der Waals surface area contributed by atoms with Crippen LogP contribution >= 0.6 is 0 Å². The summed E-state index contributed by atoms with van der Waals surface area (Å²) in [5.41, 5.74) is 1.98. The molecule has 0 saturated heterocycles. The molecule has 0 N–H and O–H groups in total. The van der Waals surface area contributed by atoms with E-state index >= 15 is 0 Å². The van der Waals surface area contributed by atoms with Crippen molar-refractivity contribution in [2.45, 2.75) is 40.3 Å². The number of aryl methyl sites for hydroxylation is 1. The van der Waals surface area contributed by atoms with Gasteiger partial charge in [-0.1, -0.05) is 12.1 Å². The first-order valence-corrected chi connectivity index (χ1v) is 7.75. The molecule has 6 nitrogen and oxygen atoms in total. The quantitative estimate of drug-likeness (QED) is 0.745. The van der Waals surface area contributed by atoms with Gasteiger partial charge in [0.1, 0.15) is 0 Å². The fourth-order valence-corrected chi connectivity index (χ4v) is 2.82. The van der Waals surface area contributed by atoms with E-state index in [0.29, 0.717) is 17.7 Å². The number of aromatic nitrogens is 4. The zero-order valence-electron chi connectivity index (χ0n) is 13.8. The number of benzene rings is 1. The first-order valence-electron chi connectivity index (χ1n) is 7.75. The van der Waals surface area contributed by atoms with Gasteiger partial charge >= 0.3 is 5.69 Å². The van der Waals surface area contributed by atoms with Crippen LogP contribution in [0.2, 0.25) is 0 Å². The van der Waals surface area contributed by atoms with Crippen LogP contribution in [0.3, 0.4) is 0 Å². The lowest BCUT2D eigenvalue weighted by atomic mass is 10.2. The van der Waals surface area contributed by atoms with Crippen molar-refractivity contribution in [2.75, 3.05) is 0 Å². The van der Waals surface area contributed by atoms with E-state index in [1.807, 2.05) is 49.6 Å². The molecule has 120 valence electrons. The maximum absolute atomic E-state index is 12.8. The van der Waals surface area contributed by atoms with E-state index in [1.54, 1.807) is 13.3 Å². The average molecular weight is 312 g/mol. The Morgan fingerprint density at radius 1 is 1.22 bits per heavy atom. The Morgan fingerprint density at radius 3 is 2.57 bits per heavy atom. The standard InChI is InChI=1S/C17H20N4O2/c1-5-19-16(22)14-15(18-10-20(14)11(2)3)21(17(19)23)13-8-6-7-12(4)9-13/h6-11H,5H2,1-4H3. The predicted molar refractivity (Wildman–Crippen MR) is 90.4 cm³/mol. The Labute approximate surface area is 133 Å². The van der Waals surface area contributed by atoms with E-state index < -0.39 is 0 Å². The fourth-order valence-electron chi connectivity index (χ4n) is 2.82.